The minimum Gasteiger partial charge on any atom is -0.508 e. The van der Waals surface area contributed by atoms with Crippen LogP contribution in [0.25, 0.3) is 11.1 Å². The summed E-state index contributed by atoms with van der Waals surface area (Å²) in [4.78, 5) is 23.0. The first kappa shape index (κ1) is 25.7. The predicted octanol–water partition coefficient (Wildman–Crippen LogP) is 5.57. The fourth-order valence-electron chi connectivity index (χ4n) is 3.59. The van der Waals surface area contributed by atoms with Crippen molar-refractivity contribution in [2.45, 2.75) is 11.4 Å². The maximum absolute atomic E-state index is 12.6. The number of rotatable bonds is 8. The SMILES string of the molecule is O=C(NCc1cccc(Nc2ccc(S(=O)(=O)Cl)cc2[N+](=O)[O-])c1)c1ccc(-c2ccc(O)cc2)cc1. The molecule has 0 spiro atoms. The summed E-state index contributed by atoms with van der Waals surface area (Å²) in [5, 5.41) is 26.6. The average Bonchev–Trinajstić information content (AvgIpc) is 2.87. The maximum Gasteiger partial charge on any atom is 0.294 e. The zero-order chi connectivity index (χ0) is 26.6. The molecule has 0 atom stereocenters. The van der Waals surface area contributed by atoms with Gasteiger partial charge in [-0.05, 0) is 65.2 Å². The zero-order valence-corrected chi connectivity index (χ0v) is 20.7. The highest BCUT2D eigenvalue weighted by atomic mass is 35.7. The van der Waals surface area contributed by atoms with E-state index < -0.39 is 19.7 Å². The van der Waals surface area contributed by atoms with Gasteiger partial charge in [-0.3, -0.25) is 14.9 Å². The summed E-state index contributed by atoms with van der Waals surface area (Å²) in [7, 11) is 1.18. The number of halogens is 1. The van der Waals surface area contributed by atoms with Crippen LogP contribution in [0.1, 0.15) is 15.9 Å². The van der Waals surface area contributed by atoms with Crippen molar-refractivity contribution < 1.29 is 23.2 Å². The van der Waals surface area contributed by atoms with Gasteiger partial charge in [-0.15, -0.1) is 0 Å². The molecule has 0 aliphatic heterocycles. The molecular weight excluding hydrogens is 518 g/mol. The predicted molar refractivity (Wildman–Crippen MR) is 141 cm³/mol. The molecule has 9 nitrogen and oxygen atoms in total. The number of nitrogens with one attached hydrogen (secondary N) is 2. The number of hydrogen-bond acceptors (Lipinski definition) is 7. The number of aromatic hydroxyl groups is 1. The van der Waals surface area contributed by atoms with Crippen LogP contribution in [0.3, 0.4) is 0 Å². The van der Waals surface area contributed by atoms with Gasteiger partial charge in [0, 0.05) is 34.5 Å². The summed E-state index contributed by atoms with van der Waals surface area (Å²) >= 11 is 0. The van der Waals surface area contributed by atoms with Crippen LogP contribution in [-0.2, 0) is 15.6 Å². The van der Waals surface area contributed by atoms with Gasteiger partial charge in [-0.2, -0.15) is 0 Å². The number of carbonyl (C=O) groups is 1. The molecule has 0 aromatic heterocycles. The van der Waals surface area contributed by atoms with Crippen LogP contribution < -0.4 is 10.6 Å². The standard InChI is InChI=1S/C26H20ClN3O6S/c27-37(35,36)23-12-13-24(25(15-23)30(33)34)29-21-3-1-2-17(14-21)16-28-26(32)20-6-4-18(5-7-20)19-8-10-22(31)11-9-19/h1-15,29,31H,16H2,(H,28,32). The van der Waals surface area contributed by atoms with E-state index in [4.69, 9.17) is 10.7 Å². The zero-order valence-electron chi connectivity index (χ0n) is 19.1. The fraction of sp³-hybridized carbons (Fsp3) is 0.0385. The van der Waals surface area contributed by atoms with E-state index in [1.54, 1.807) is 60.7 Å². The van der Waals surface area contributed by atoms with E-state index in [9.17, 15) is 28.4 Å². The molecule has 0 saturated carbocycles. The molecule has 0 unspecified atom stereocenters. The van der Waals surface area contributed by atoms with Gasteiger partial charge in [-0.25, -0.2) is 8.42 Å². The molecular formula is C26H20ClN3O6S. The highest BCUT2D eigenvalue weighted by Gasteiger charge is 2.20. The molecule has 0 saturated heterocycles. The number of benzene rings is 4. The van der Waals surface area contributed by atoms with E-state index >= 15 is 0 Å². The molecule has 0 heterocycles. The van der Waals surface area contributed by atoms with Crippen LogP contribution in [0, 0.1) is 10.1 Å². The Hall–Kier alpha value is -4.41. The monoisotopic (exact) mass is 537 g/mol. The maximum atomic E-state index is 12.6. The molecule has 4 aromatic carbocycles. The van der Waals surface area contributed by atoms with E-state index in [-0.39, 0.29) is 28.8 Å². The van der Waals surface area contributed by atoms with Crippen molar-refractivity contribution >= 4 is 42.7 Å². The third-order valence-electron chi connectivity index (χ3n) is 5.45. The molecule has 37 heavy (non-hydrogen) atoms. The van der Waals surface area contributed by atoms with Gasteiger partial charge < -0.3 is 15.7 Å². The molecule has 0 fully saturated rings. The highest BCUT2D eigenvalue weighted by molar-refractivity contribution is 8.13. The van der Waals surface area contributed by atoms with Crippen molar-refractivity contribution in [1.82, 2.24) is 5.32 Å². The molecule has 188 valence electrons. The fourth-order valence-corrected chi connectivity index (χ4v) is 4.36. The number of carbonyl (C=O) groups excluding carboxylic acids is 1. The lowest BCUT2D eigenvalue weighted by Crippen LogP contribution is -2.22. The Labute approximate surface area is 216 Å². The summed E-state index contributed by atoms with van der Waals surface area (Å²) in [5.41, 5.74) is 3.17. The Balaban J connectivity index is 1.43. The van der Waals surface area contributed by atoms with Crippen LogP contribution in [0.5, 0.6) is 5.75 Å². The second kappa shape index (κ2) is 10.7. The number of phenols is 1. The second-order valence-corrected chi connectivity index (χ2v) is 10.6. The smallest absolute Gasteiger partial charge is 0.294 e. The number of amides is 1. The first-order chi connectivity index (χ1) is 17.6. The van der Waals surface area contributed by atoms with Crippen molar-refractivity contribution in [2.24, 2.45) is 0 Å². The molecule has 1 amide bonds. The molecule has 0 aliphatic carbocycles. The van der Waals surface area contributed by atoms with Crippen molar-refractivity contribution in [3.8, 4) is 16.9 Å². The Morgan fingerprint density at radius 1 is 0.919 bits per heavy atom. The van der Waals surface area contributed by atoms with Crippen molar-refractivity contribution in [2.75, 3.05) is 5.32 Å². The topological polar surface area (TPSA) is 139 Å². The van der Waals surface area contributed by atoms with Crippen molar-refractivity contribution in [3.63, 3.8) is 0 Å². The average molecular weight is 538 g/mol. The lowest BCUT2D eigenvalue weighted by molar-refractivity contribution is -0.384. The van der Waals surface area contributed by atoms with E-state index in [0.717, 1.165) is 22.8 Å². The van der Waals surface area contributed by atoms with E-state index in [2.05, 4.69) is 10.6 Å². The molecule has 11 heteroatoms. The van der Waals surface area contributed by atoms with Gasteiger partial charge in [0.1, 0.15) is 11.4 Å². The van der Waals surface area contributed by atoms with E-state index in [1.807, 2.05) is 12.1 Å². The minimum absolute atomic E-state index is 0.0870. The Kier molecular flexibility index (Phi) is 7.42. The third kappa shape index (κ3) is 6.43. The first-order valence-electron chi connectivity index (χ1n) is 10.9. The quantitative estimate of drug-likeness (QED) is 0.152. The van der Waals surface area contributed by atoms with Crippen LogP contribution in [-0.4, -0.2) is 24.4 Å². The largest absolute Gasteiger partial charge is 0.508 e. The minimum atomic E-state index is -4.12. The van der Waals surface area contributed by atoms with E-state index in [0.29, 0.717) is 11.3 Å². The number of phenolic OH excluding ortho intramolecular Hbond substituents is 1. The second-order valence-electron chi connectivity index (χ2n) is 8.01. The van der Waals surface area contributed by atoms with Gasteiger partial charge in [0.05, 0.1) is 9.82 Å². The highest BCUT2D eigenvalue weighted by Crippen LogP contribution is 2.31. The number of hydrogen-bond donors (Lipinski definition) is 3. The molecule has 0 aliphatic rings. The van der Waals surface area contributed by atoms with Gasteiger partial charge in [0.2, 0.25) is 0 Å². The van der Waals surface area contributed by atoms with Crippen molar-refractivity contribution in [3.05, 3.63) is 112 Å². The number of nitro benzene ring substituents is 1. The van der Waals surface area contributed by atoms with Gasteiger partial charge in [0.15, 0.2) is 0 Å². The number of anilines is 2. The Morgan fingerprint density at radius 3 is 2.19 bits per heavy atom. The van der Waals surface area contributed by atoms with Gasteiger partial charge in [0.25, 0.3) is 20.6 Å². The Bertz CT molecular complexity index is 1570. The van der Waals surface area contributed by atoms with Crippen LogP contribution in [0.2, 0.25) is 0 Å². The third-order valence-corrected chi connectivity index (χ3v) is 6.81. The van der Waals surface area contributed by atoms with Gasteiger partial charge >= 0.3 is 0 Å². The summed E-state index contributed by atoms with van der Waals surface area (Å²) in [6, 6.07) is 24.1. The normalized spacial score (nSPS) is 11.1. The Morgan fingerprint density at radius 2 is 1.57 bits per heavy atom. The summed E-state index contributed by atoms with van der Waals surface area (Å²) in [6.07, 6.45) is 0. The lowest BCUT2D eigenvalue weighted by Gasteiger charge is -2.11. The summed E-state index contributed by atoms with van der Waals surface area (Å²) < 4.78 is 23.0. The molecule has 3 N–H and O–H groups in total. The van der Waals surface area contributed by atoms with Crippen molar-refractivity contribution in [1.29, 1.82) is 0 Å². The first-order valence-corrected chi connectivity index (χ1v) is 13.2. The summed E-state index contributed by atoms with van der Waals surface area (Å²) in [5.74, 6) is -0.0962. The number of nitrogens with zero attached hydrogens (tertiary/aromatic N) is 1. The lowest BCUT2D eigenvalue weighted by atomic mass is 10.0. The molecule has 0 radical (unpaired) electrons. The molecule has 4 aromatic rings. The molecule has 4 rings (SSSR count). The van der Waals surface area contributed by atoms with Crippen LogP contribution >= 0.6 is 10.7 Å². The summed E-state index contributed by atoms with van der Waals surface area (Å²) in [6.45, 7) is 0.208. The van der Waals surface area contributed by atoms with Gasteiger partial charge in [-0.1, -0.05) is 36.4 Å². The molecule has 0 bridgehead atoms. The number of nitro groups is 1. The van der Waals surface area contributed by atoms with Crippen LogP contribution in [0.4, 0.5) is 17.1 Å². The van der Waals surface area contributed by atoms with Crippen LogP contribution in [0.15, 0.2) is 95.9 Å². The van der Waals surface area contributed by atoms with E-state index in [1.165, 1.54) is 12.1 Å².